The van der Waals surface area contributed by atoms with E-state index >= 15 is 0 Å². The van der Waals surface area contributed by atoms with Gasteiger partial charge >= 0.3 is 0 Å². The predicted molar refractivity (Wildman–Crippen MR) is 232 cm³/mol. The molecule has 1 aliphatic heterocycles. The molecule has 4 bridgehead atoms. The first-order chi connectivity index (χ1) is 27.9. The van der Waals surface area contributed by atoms with Gasteiger partial charge in [0.1, 0.15) is 8.07 Å². The summed E-state index contributed by atoms with van der Waals surface area (Å²) < 4.78 is 0. The fourth-order valence-corrected chi connectivity index (χ4v) is 15.7. The lowest BCUT2D eigenvalue weighted by molar-refractivity contribution is -0.0397. The van der Waals surface area contributed by atoms with Gasteiger partial charge in [0.05, 0.1) is 11.6 Å². The number of rotatable bonds is 4. The number of aromatic nitrogens is 3. The molecule has 0 atom stereocenters. The van der Waals surface area contributed by atoms with Crippen LogP contribution in [0.3, 0.4) is 0 Å². The Hall–Kier alpha value is -5.96. The molecule has 57 heavy (non-hydrogen) atoms. The molecule has 0 unspecified atom stereocenters. The van der Waals surface area contributed by atoms with Crippen molar-refractivity contribution in [2.75, 3.05) is 0 Å². The zero-order valence-corrected chi connectivity index (χ0v) is 33.3. The molecule has 6 aliphatic rings. The largest absolute Gasteiger partial charge is 0.208 e. The summed E-state index contributed by atoms with van der Waals surface area (Å²) in [7, 11) is -2.16. The number of benzene rings is 6. The molecule has 4 fully saturated rings. The van der Waals surface area contributed by atoms with Crippen LogP contribution in [-0.4, -0.2) is 23.0 Å². The molecule has 274 valence electrons. The second kappa shape index (κ2) is 12.0. The number of hydrogen-bond acceptors (Lipinski definition) is 4. The zero-order chi connectivity index (χ0) is 38.0. The summed E-state index contributed by atoms with van der Waals surface area (Å²) in [5.74, 6) is 5.04. The normalized spacial score (nSPS) is 23.8. The second-order valence-corrected chi connectivity index (χ2v) is 22.3. The van der Waals surface area contributed by atoms with E-state index in [-0.39, 0.29) is 5.41 Å². The first-order valence-corrected chi connectivity index (χ1v) is 23.8. The van der Waals surface area contributed by atoms with Crippen molar-refractivity contribution in [2.45, 2.75) is 50.6 Å². The molecule has 6 aromatic carbocycles. The van der Waals surface area contributed by atoms with Gasteiger partial charge in [0.15, 0.2) is 17.5 Å². The van der Waals surface area contributed by atoms with E-state index in [9.17, 15) is 5.26 Å². The lowest BCUT2D eigenvalue weighted by Gasteiger charge is -2.61. The molecular weight excluding hydrogens is 709 g/mol. The lowest BCUT2D eigenvalue weighted by atomic mass is 9.42. The van der Waals surface area contributed by atoms with Crippen LogP contribution in [0.25, 0.3) is 67.5 Å². The van der Waals surface area contributed by atoms with Crippen molar-refractivity contribution in [2.24, 2.45) is 23.7 Å². The van der Waals surface area contributed by atoms with Gasteiger partial charge in [0.25, 0.3) is 0 Å². The maximum atomic E-state index is 10.5. The van der Waals surface area contributed by atoms with Crippen LogP contribution < -0.4 is 10.4 Å². The van der Waals surface area contributed by atoms with Crippen molar-refractivity contribution in [1.82, 2.24) is 15.0 Å². The maximum absolute atomic E-state index is 10.5. The van der Waals surface area contributed by atoms with Crippen LogP contribution in [0.15, 0.2) is 133 Å². The van der Waals surface area contributed by atoms with E-state index in [4.69, 9.17) is 15.0 Å². The van der Waals surface area contributed by atoms with Crippen LogP contribution in [0, 0.1) is 35.0 Å². The summed E-state index contributed by atoms with van der Waals surface area (Å²) in [5.41, 5.74) is 14.6. The number of nitriles is 1. The van der Waals surface area contributed by atoms with Gasteiger partial charge in [0, 0.05) is 27.7 Å². The average Bonchev–Trinajstić information content (AvgIpc) is 3.68. The quantitative estimate of drug-likeness (QED) is 0.168. The fourth-order valence-electron chi connectivity index (χ4n) is 12.6. The molecule has 4 saturated carbocycles. The summed E-state index contributed by atoms with van der Waals surface area (Å²) in [4.78, 5) is 15.1. The van der Waals surface area contributed by atoms with Crippen LogP contribution in [-0.2, 0) is 5.41 Å². The second-order valence-electron chi connectivity index (χ2n) is 17.9. The van der Waals surface area contributed by atoms with Crippen molar-refractivity contribution in [3.63, 3.8) is 0 Å². The van der Waals surface area contributed by atoms with Gasteiger partial charge in [-0.3, -0.25) is 0 Å². The smallest absolute Gasteiger partial charge is 0.164 e. The van der Waals surface area contributed by atoms with E-state index in [0.717, 1.165) is 34.1 Å². The van der Waals surface area contributed by atoms with Gasteiger partial charge in [-0.25, -0.2) is 15.0 Å². The minimum atomic E-state index is -2.16. The van der Waals surface area contributed by atoms with Gasteiger partial charge < -0.3 is 0 Å². The highest BCUT2D eigenvalue weighted by Crippen LogP contribution is 2.70. The molecule has 0 amide bonds. The Balaban J connectivity index is 0.990. The van der Waals surface area contributed by atoms with Crippen LogP contribution in [0.2, 0.25) is 13.1 Å². The molecular formula is C52H42N4Si. The zero-order valence-electron chi connectivity index (χ0n) is 32.3. The Morgan fingerprint density at radius 3 is 1.65 bits per heavy atom. The third-order valence-corrected chi connectivity index (χ3v) is 18.3. The summed E-state index contributed by atoms with van der Waals surface area (Å²) in [6, 6.07) is 50.9. The molecule has 5 aliphatic carbocycles. The fraction of sp³-hybridized carbons (Fsp3) is 0.231. The summed E-state index contributed by atoms with van der Waals surface area (Å²) in [6.07, 6.45) is 6.70. The molecule has 0 radical (unpaired) electrons. The highest BCUT2D eigenvalue weighted by atomic mass is 28.3. The highest BCUT2D eigenvalue weighted by Gasteiger charge is 2.62. The molecule has 0 saturated heterocycles. The van der Waals surface area contributed by atoms with Crippen LogP contribution in [0.4, 0.5) is 0 Å². The lowest BCUT2D eigenvalue weighted by Crippen LogP contribution is -2.55. The number of fused-ring (bicyclic) bond motifs is 6. The topological polar surface area (TPSA) is 62.5 Å². The van der Waals surface area contributed by atoms with E-state index < -0.39 is 8.07 Å². The van der Waals surface area contributed by atoms with Crippen LogP contribution in [0.5, 0.6) is 0 Å². The number of nitrogens with zero attached hydrogens (tertiary/aromatic N) is 4. The van der Waals surface area contributed by atoms with Crippen molar-refractivity contribution >= 4 is 18.4 Å². The molecule has 13 rings (SSSR count). The van der Waals surface area contributed by atoms with Gasteiger partial charge in [-0.05, 0) is 111 Å². The van der Waals surface area contributed by atoms with E-state index in [1.54, 1.807) is 0 Å². The van der Waals surface area contributed by atoms with E-state index in [1.807, 2.05) is 42.5 Å². The van der Waals surface area contributed by atoms with Gasteiger partial charge in [-0.15, -0.1) is 0 Å². The monoisotopic (exact) mass is 750 g/mol. The van der Waals surface area contributed by atoms with Crippen LogP contribution >= 0.6 is 0 Å². The SMILES string of the molecule is C[Si]1(C)c2cc(-c3nc(-c4ccccc4)nc(-c4ccccc4)n3)ccc2-c2ccc(-c3cccc4c3C3(c5cccc(C#N)c5-4)C4CC5CC(C4)CC3C5)cc21. The predicted octanol–water partition coefficient (Wildman–Crippen LogP) is 10.9. The van der Waals surface area contributed by atoms with E-state index in [0.29, 0.717) is 29.3 Å². The van der Waals surface area contributed by atoms with Crippen LogP contribution in [0.1, 0.15) is 48.8 Å². The van der Waals surface area contributed by atoms with Gasteiger partial charge in [-0.1, -0.05) is 140 Å². The van der Waals surface area contributed by atoms with Crippen molar-refractivity contribution in [3.8, 4) is 73.6 Å². The molecule has 1 aromatic heterocycles. The minimum Gasteiger partial charge on any atom is -0.208 e. The Morgan fingerprint density at radius 2 is 1.05 bits per heavy atom. The first-order valence-electron chi connectivity index (χ1n) is 20.8. The number of hydrogen-bond donors (Lipinski definition) is 0. The molecule has 0 N–H and O–H groups in total. The Morgan fingerprint density at radius 1 is 0.526 bits per heavy atom. The molecule has 7 aromatic rings. The van der Waals surface area contributed by atoms with Gasteiger partial charge in [0.2, 0.25) is 0 Å². The Bertz CT molecular complexity index is 2770. The Labute approximate surface area is 335 Å². The minimum absolute atomic E-state index is 0.0207. The molecule has 4 nitrogen and oxygen atoms in total. The van der Waals surface area contributed by atoms with Crippen molar-refractivity contribution in [1.29, 1.82) is 5.26 Å². The molecule has 1 spiro atoms. The molecule has 5 heteroatoms. The van der Waals surface area contributed by atoms with Crippen molar-refractivity contribution in [3.05, 3.63) is 150 Å². The molecule has 2 heterocycles. The van der Waals surface area contributed by atoms with E-state index in [2.05, 4.69) is 110 Å². The third-order valence-electron chi connectivity index (χ3n) is 14.7. The average molecular weight is 751 g/mol. The summed E-state index contributed by atoms with van der Waals surface area (Å²) in [5, 5.41) is 13.4. The van der Waals surface area contributed by atoms with E-state index in [1.165, 1.54) is 87.0 Å². The first kappa shape index (κ1) is 33.2. The standard InChI is InChI=1S/C52H42N4Si/c1-57(2)45-28-35(40-16-10-17-43-47-37(30-53)15-9-18-44(47)52(48(40)43)38-24-31-23-32(26-38)27-39(52)25-31)19-21-41(45)42-22-20-36(29-46(42)57)51-55-49(33-11-5-3-6-12-33)54-50(56-51)34-13-7-4-8-14-34/h3-22,28-29,31-32,38-39H,23-27H2,1-2H3. The highest BCUT2D eigenvalue weighted by molar-refractivity contribution is 7.03. The van der Waals surface area contributed by atoms with Gasteiger partial charge in [-0.2, -0.15) is 5.26 Å². The Kier molecular flexibility index (Phi) is 7.00. The third kappa shape index (κ3) is 4.62. The maximum Gasteiger partial charge on any atom is 0.164 e. The van der Waals surface area contributed by atoms with Crippen molar-refractivity contribution < 1.29 is 0 Å². The summed E-state index contributed by atoms with van der Waals surface area (Å²) in [6.45, 7) is 5.01. The summed E-state index contributed by atoms with van der Waals surface area (Å²) >= 11 is 0.